The van der Waals surface area contributed by atoms with Crippen LogP contribution in [0.15, 0.2) is 18.2 Å². The van der Waals surface area contributed by atoms with E-state index in [0.29, 0.717) is 30.8 Å². The molecule has 5 nitrogen and oxygen atoms in total. The molecule has 3 rings (SSSR count). The highest BCUT2D eigenvalue weighted by Gasteiger charge is 2.23. The van der Waals surface area contributed by atoms with Gasteiger partial charge >= 0.3 is 0 Å². The van der Waals surface area contributed by atoms with Crippen LogP contribution in [0, 0.1) is 11.3 Å². The first-order valence-electron chi connectivity index (χ1n) is 6.96. The van der Waals surface area contributed by atoms with Crippen molar-refractivity contribution in [1.82, 2.24) is 14.9 Å². The summed E-state index contributed by atoms with van der Waals surface area (Å²) in [5, 5.41) is 12.0. The molecule has 21 heavy (non-hydrogen) atoms. The third-order valence-electron chi connectivity index (χ3n) is 3.81. The minimum atomic E-state index is 0.0901. The zero-order valence-electron chi connectivity index (χ0n) is 11.5. The third kappa shape index (κ3) is 2.59. The molecule has 1 aromatic carbocycles. The maximum atomic E-state index is 11.4. The SMILES string of the molecule is N#Cc1ccc2nc(CCCl)n(C3CCC(=O)NC3)c2c1. The van der Waals surface area contributed by atoms with Gasteiger partial charge in [-0.1, -0.05) is 0 Å². The number of aryl methyl sites for hydroxylation is 1. The number of carbonyl (C=O) groups excluding carboxylic acids is 1. The van der Waals surface area contributed by atoms with Crippen LogP contribution in [0.3, 0.4) is 0 Å². The highest BCUT2D eigenvalue weighted by Crippen LogP contribution is 2.27. The van der Waals surface area contributed by atoms with Crippen LogP contribution in [0.5, 0.6) is 0 Å². The van der Waals surface area contributed by atoms with Crippen LogP contribution in [0.4, 0.5) is 0 Å². The van der Waals surface area contributed by atoms with Crippen molar-refractivity contribution >= 4 is 28.5 Å². The number of halogens is 1. The number of nitrogens with zero attached hydrogens (tertiary/aromatic N) is 3. The fraction of sp³-hybridized carbons (Fsp3) is 0.400. The van der Waals surface area contributed by atoms with Crippen LogP contribution in [-0.4, -0.2) is 27.9 Å². The van der Waals surface area contributed by atoms with Crippen LogP contribution < -0.4 is 5.32 Å². The number of benzene rings is 1. The van der Waals surface area contributed by atoms with E-state index in [2.05, 4.69) is 20.9 Å². The lowest BCUT2D eigenvalue weighted by Crippen LogP contribution is -2.36. The molecule has 2 aromatic rings. The highest BCUT2D eigenvalue weighted by molar-refractivity contribution is 6.17. The molecule has 1 saturated heterocycles. The van der Waals surface area contributed by atoms with Gasteiger partial charge in [0.15, 0.2) is 0 Å². The summed E-state index contributed by atoms with van der Waals surface area (Å²) in [6, 6.07) is 7.82. The molecule has 1 aliphatic rings. The number of aromatic nitrogens is 2. The Labute approximate surface area is 127 Å². The average molecular weight is 303 g/mol. The fourth-order valence-electron chi connectivity index (χ4n) is 2.82. The van der Waals surface area contributed by atoms with E-state index in [1.165, 1.54) is 0 Å². The van der Waals surface area contributed by atoms with Crippen molar-refractivity contribution in [3.05, 3.63) is 29.6 Å². The first kappa shape index (κ1) is 13.9. The summed E-state index contributed by atoms with van der Waals surface area (Å²) in [4.78, 5) is 16.0. The van der Waals surface area contributed by atoms with Gasteiger partial charge in [0.2, 0.25) is 5.91 Å². The van der Waals surface area contributed by atoms with Gasteiger partial charge in [0.1, 0.15) is 5.82 Å². The summed E-state index contributed by atoms with van der Waals surface area (Å²) in [7, 11) is 0. The van der Waals surface area contributed by atoms with E-state index in [1.807, 2.05) is 12.1 Å². The lowest BCUT2D eigenvalue weighted by Gasteiger charge is -2.26. The third-order valence-corrected chi connectivity index (χ3v) is 4.00. The second-order valence-corrected chi connectivity index (χ2v) is 5.53. The van der Waals surface area contributed by atoms with Gasteiger partial charge in [-0.05, 0) is 24.6 Å². The Morgan fingerprint density at radius 1 is 1.52 bits per heavy atom. The standard InChI is InChI=1S/C15H15ClN4O/c16-6-5-14-19-12-3-1-10(8-17)7-13(12)20(14)11-2-4-15(21)18-9-11/h1,3,7,11H,2,4-6,9H2,(H,18,21). The monoisotopic (exact) mass is 302 g/mol. The van der Waals surface area contributed by atoms with Gasteiger partial charge in [-0.15, -0.1) is 11.6 Å². The van der Waals surface area contributed by atoms with E-state index in [-0.39, 0.29) is 11.9 Å². The predicted molar refractivity (Wildman–Crippen MR) is 80.2 cm³/mol. The van der Waals surface area contributed by atoms with E-state index >= 15 is 0 Å². The Kier molecular flexibility index (Phi) is 3.80. The van der Waals surface area contributed by atoms with Crippen LogP contribution in [0.2, 0.25) is 0 Å². The minimum absolute atomic E-state index is 0.0901. The van der Waals surface area contributed by atoms with Crippen LogP contribution >= 0.6 is 11.6 Å². The Morgan fingerprint density at radius 3 is 3.05 bits per heavy atom. The van der Waals surface area contributed by atoms with Crippen LogP contribution in [0.1, 0.15) is 30.3 Å². The number of carbonyl (C=O) groups is 1. The van der Waals surface area contributed by atoms with E-state index < -0.39 is 0 Å². The van der Waals surface area contributed by atoms with Crippen molar-refractivity contribution in [3.8, 4) is 6.07 Å². The minimum Gasteiger partial charge on any atom is -0.354 e. The maximum Gasteiger partial charge on any atom is 0.220 e. The number of fused-ring (bicyclic) bond motifs is 1. The Bertz CT molecular complexity index is 721. The van der Waals surface area contributed by atoms with Crippen molar-refractivity contribution in [2.45, 2.75) is 25.3 Å². The molecule has 6 heteroatoms. The molecule has 1 N–H and O–H groups in total. The number of nitrogens with one attached hydrogen (secondary N) is 1. The molecule has 1 amide bonds. The lowest BCUT2D eigenvalue weighted by atomic mass is 10.1. The number of alkyl halides is 1. The zero-order valence-corrected chi connectivity index (χ0v) is 12.2. The van der Waals surface area contributed by atoms with Crippen molar-refractivity contribution in [3.63, 3.8) is 0 Å². The second kappa shape index (κ2) is 5.74. The molecule has 108 valence electrons. The summed E-state index contributed by atoms with van der Waals surface area (Å²) in [6.07, 6.45) is 1.97. The summed E-state index contributed by atoms with van der Waals surface area (Å²) >= 11 is 5.88. The maximum absolute atomic E-state index is 11.4. The average Bonchev–Trinajstić information content (AvgIpc) is 2.85. The number of nitriles is 1. The molecule has 1 atom stereocenters. The fourth-order valence-corrected chi connectivity index (χ4v) is 2.99. The summed E-state index contributed by atoms with van der Waals surface area (Å²) < 4.78 is 2.14. The molecule has 1 aliphatic heterocycles. The smallest absolute Gasteiger partial charge is 0.220 e. The van der Waals surface area contributed by atoms with Gasteiger partial charge in [-0.3, -0.25) is 4.79 Å². The van der Waals surface area contributed by atoms with Crippen molar-refractivity contribution in [1.29, 1.82) is 5.26 Å². The molecule has 2 heterocycles. The lowest BCUT2D eigenvalue weighted by molar-refractivity contribution is -0.122. The van der Waals surface area contributed by atoms with Crippen molar-refractivity contribution in [2.75, 3.05) is 12.4 Å². The number of amides is 1. The number of imidazole rings is 1. The van der Waals surface area contributed by atoms with Gasteiger partial charge in [0.25, 0.3) is 0 Å². The zero-order chi connectivity index (χ0) is 14.8. The van der Waals surface area contributed by atoms with Gasteiger partial charge < -0.3 is 9.88 Å². The van der Waals surface area contributed by atoms with Gasteiger partial charge in [0.05, 0.1) is 28.7 Å². The van der Waals surface area contributed by atoms with Gasteiger partial charge in [-0.25, -0.2) is 4.98 Å². The number of piperidine rings is 1. The highest BCUT2D eigenvalue weighted by atomic mass is 35.5. The van der Waals surface area contributed by atoms with E-state index in [4.69, 9.17) is 16.9 Å². The summed E-state index contributed by atoms with van der Waals surface area (Å²) in [5.74, 6) is 1.50. The molecule has 1 aromatic heterocycles. The van der Waals surface area contributed by atoms with Gasteiger partial charge in [-0.2, -0.15) is 5.26 Å². The molecule has 0 bridgehead atoms. The molecule has 0 radical (unpaired) electrons. The summed E-state index contributed by atoms with van der Waals surface area (Å²) in [5.41, 5.74) is 2.42. The van der Waals surface area contributed by atoms with Crippen molar-refractivity contribution < 1.29 is 4.79 Å². The molecule has 1 unspecified atom stereocenters. The number of rotatable bonds is 3. The summed E-state index contributed by atoms with van der Waals surface area (Å²) in [6.45, 7) is 0.594. The molecular weight excluding hydrogens is 288 g/mol. The first-order chi connectivity index (χ1) is 10.2. The molecular formula is C15H15ClN4O. The van der Waals surface area contributed by atoms with Crippen LogP contribution in [-0.2, 0) is 11.2 Å². The molecule has 1 fully saturated rings. The van der Waals surface area contributed by atoms with Gasteiger partial charge in [0, 0.05) is 25.3 Å². The Morgan fingerprint density at radius 2 is 2.38 bits per heavy atom. The molecule has 0 saturated carbocycles. The Balaban J connectivity index is 2.10. The first-order valence-corrected chi connectivity index (χ1v) is 7.50. The van der Waals surface area contributed by atoms with Crippen molar-refractivity contribution in [2.24, 2.45) is 0 Å². The topological polar surface area (TPSA) is 70.7 Å². The molecule has 0 aliphatic carbocycles. The Hall–Kier alpha value is -2.06. The normalized spacial score (nSPS) is 18.5. The molecule has 0 spiro atoms. The van der Waals surface area contributed by atoms with E-state index in [0.717, 1.165) is 23.3 Å². The van der Waals surface area contributed by atoms with E-state index in [9.17, 15) is 4.79 Å². The second-order valence-electron chi connectivity index (χ2n) is 5.15. The van der Waals surface area contributed by atoms with Crippen LogP contribution in [0.25, 0.3) is 11.0 Å². The predicted octanol–water partition coefficient (Wildman–Crippen LogP) is 2.14. The number of hydrogen-bond donors (Lipinski definition) is 1. The number of hydrogen-bond acceptors (Lipinski definition) is 3. The quantitative estimate of drug-likeness (QED) is 0.883. The van der Waals surface area contributed by atoms with E-state index in [1.54, 1.807) is 6.07 Å². The largest absolute Gasteiger partial charge is 0.354 e.